The lowest BCUT2D eigenvalue weighted by molar-refractivity contribution is 0.0985. The van der Waals surface area contributed by atoms with Crippen molar-refractivity contribution in [3.8, 4) is 0 Å². The van der Waals surface area contributed by atoms with Crippen LogP contribution in [0.3, 0.4) is 0 Å². The van der Waals surface area contributed by atoms with Crippen molar-refractivity contribution in [1.29, 1.82) is 0 Å². The third-order valence-corrected chi connectivity index (χ3v) is 6.13. The topological polar surface area (TPSA) is 36.4 Å². The Balaban J connectivity index is 0.00000320. The number of carbonyl (C=O) groups is 1. The van der Waals surface area contributed by atoms with Crippen LogP contribution in [-0.2, 0) is 5.41 Å². The molecule has 3 aromatic rings. The van der Waals surface area contributed by atoms with E-state index in [0.29, 0.717) is 22.3 Å². The molecule has 3 rings (SSSR count). The fraction of sp³-hybridized carbons (Fsp3) is 0.391. The Morgan fingerprint density at radius 3 is 2.30 bits per heavy atom. The van der Waals surface area contributed by atoms with Gasteiger partial charge in [0.2, 0.25) is 0 Å². The lowest BCUT2D eigenvalue weighted by Gasteiger charge is -2.23. The standard InChI is InChI=1S/C23H28ClN3OS.ClH/c1-15-13-18(24)14-19-20(15)25-22(29-19)27(12-11-26(5)6)21(28)16-7-9-17(10-8-16)23(2,3)4;/h7-10,13-14H,11-12H2,1-6H3;1H. The molecule has 30 heavy (non-hydrogen) atoms. The van der Waals surface area contributed by atoms with E-state index >= 15 is 0 Å². The van der Waals surface area contributed by atoms with E-state index in [1.807, 2.05) is 57.4 Å². The first-order valence-corrected chi connectivity index (χ1v) is 10.9. The molecule has 0 saturated heterocycles. The van der Waals surface area contributed by atoms with E-state index in [4.69, 9.17) is 16.6 Å². The summed E-state index contributed by atoms with van der Waals surface area (Å²) in [5.74, 6) is -0.0323. The highest BCUT2D eigenvalue weighted by atomic mass is 35.5. The first-order chi connectivity index (χ1) is 13.6. The third kappa shape index (κ3) is 5.52. The Bertz CT molecular complexity index is 1020. The molecule has 2 aromatic carbocycles. The molecule has 0 bridgehead atoms. The predicted molar refractivity (Wildman–Crippen MR) is 132 cm³/mol. The van der Waals surface area contributed by atoms with Gasteiger partial charge in [-0.25, -0.2) is 4.98 Å². The SMILES string of the molecule is Cc1cc(Cl)cc2sc(N(CCN(C)C)C(=O)c3ccc(C(C)(C)C)cc3)nc12.Cl. The van der Waals surface area contributed by atoms with E-state index in [9.17, 15) is 4.79 Å². The van der Waals surface area contributed by atoms with E-state index in [1.54, 1.807) is 4.90 Å². The summed E-state index contributed by atoms with van der Waals surface area (Å²) >= 11 is 7.72. The molecule has 1 amide bonds. The summed E-state index contributed by atoms with van der Waals surface area (Å²) in [5, 5.41) is 1.39. The van der Waals surface area contributed by atoms with Gasteiger partial charge in [0.05, 0.1) is 10.2 Å². The number of fused-ring (bicyclic) bond motifs is 1. The summed E-state index contributed by atoms with van der Waals surface area (Å²) < 4.78 is 0.996. The minimum absolute atomic E-state index is 0. The highest BCUT2D eigenvalue weighted by Crippen LogP contribution is 2.33. The molecular weight excluding hydrogens is 437 g/mol. The summed E-state index contributed by atoms with van der Waals surface area (Å²) in [6, 6.07) is 11.7. The summed E-state index contributed by atoms with van der Waals surface area (Å²) in [6.45, 7) is 9.82. The highest BCUT2D eigenvalue weighted by Gasteiger charge is 2.23. The maximum Gasteiger partial charge on any atom is 0.260 e. The number of rotatable bonds is 5. The van der Waals surface area contributed by atoms with Crippen molar-refractivity contribution >= 4 is 56.6 Å². The minimum Gasteiger partial charge on any atom is -0.308 e. The molecule has 0 radical (unpaired) electrons. The van der Waals surface area contributed by atoms with Crippen LogP contribution in [0.5, 0.6) is 0 Å². The molecule has 0 aliphatic carbocycles. The van der Waals surface area contributed by atoms with Gasteiger partial charge in [0.15, 0.2) is 5.13 Å². The van der Waals surface area contributed by atoms with Gasteiger partial charge < -0.3 is 4.90 Å². The fourth-order valence-electron chi connectivity index (χ4n) is 3.11. The van der Waals surface area contributed by atoms with Crippen LogP contribution >= 0.6 is 35.3 Å². The van der Waals surface area contributed by atoms with Crippen LogP contribution in [0.4, 0.5) is 5.13 Å². The van der Waals surface area contributed by atoms with Crippen molar-refractivity contribution in [2.24, 2.45) is 0 Å². The molecule has 0 spiro atoms. The number of aromatic nitrogens is 1. The van der Waals surface area contributed by atoms with E-state index in [1.165, 1.54) is 16.9 Å². The van der Waals surface area contributed by atoms with E-state index in [0.717, 1.165) is 22.3 Å². The van der Waals surface area contributed by atoms with Gasteiger partial charge in [-0.2, -0.15) is 0 Å². The lowest BCUT2D eigenvalue weighted by Crippen LogP contribution is -2.36. The van der Waals surface area contributed by atoms with Crippen molar-refractivity contribution in [1.82, 2.24) is 9.88 Å². The van der Waals surface area contributed by atoms with Gasteiger partial charge in [-0.05, 0) is 61.8 Å². The number of amides is 1. The molecule has 4 nitrogen and oxygen atoms in total. The number of likely N-dealkylation sites (N-methyl/N-ethyl adjacent to an activating group) is 1. The quantitative estimate of drug-likeness (QED) is 0.450. The number of hydrogen-bond acceptors (Lipinski definition) is 4. The average Bonchev–Trinajstić information content (AvgIpc) is 3.05. The monoisotopic (exact) mass is 465 g/mol. The van der Waals surface area contributed by atoms with Crippen molar-refractivity contribution < 1.29 is 4.79 Å². The molecule has 0 aliphatic heterocycles. The summed E-state index contributed by atoms with van der Waals surface area (Å²) in [4.78, 5) is 22.0. The second-order valence-corrected chi connectivity index (χ2v) is 10.1. The number of hydrogen-bond donors (Lipinski definition) is 0. The second-order valence-electron chi connectivity index (χ2n) is 8.65. The zero-order valence-electron chi connectivity index (χ0n) is 18.3. The maximum atomic E-state index is 13.4. The Labute approximate surface area is 194 Å². The molecule has 1 heterocycles. The Morgan fingerprint density at radius 1 is 1.10 bits per heavy atom. The Morgan fingerprint density at radius 2 is 1.73 bits per heavy atom. The highest BCUT2D eigenvalue weighted by molar-refractivity contribution is 7.22. The molecule has 1 aromatic heterocycles. The van der Waals surface area contributed by atoms with Crippen LogP contribution in [0.25, 0.3) is 10.2 Å². The van der Waals surface area contributed by atoms with E-state index in [2.05, 4.69) is 25.7 Å². The van der Waals surface area contributed by atoms with Gasteiger partial charge in [-0.15, -0.1) is 12.4 Å². The van der Waals surface area contributed by atoms with Crippen molar-refractivity contribution in [3.63, 3.8) is 0 Å². The number of carbonyl (C=O) groups excluding carboxylic acids is 1. The van der Waals surface area contributed by atoms with Crippen molar-refractivity contribution in [3.05, 3.63) is 58.1 Å². The molecule has 0 fully saturated rings. The number of nitrogens with zero attached hydrogens (tertiary/aromatic N) is 3. The van der Waals surface area contributed by atoms with E-state index in [-0.39, 0.29) is 23.7 Å². The van der Waals surface area contributed by atoms with Gasteiger partial charge in [0.25, 0.3) is 5.91 Å². The molecule has 7 heteroatoms. The molecule has 0 atom stereocenters. The second kappa shape index (κ2) is 9.65. The smallest absolute Gasteiger partial charge is 0.260 e. The minimum atomic E-state index is -0.0323. The van der Waals surface area contributed by atoms with Gasteiger partial charge in [-0.3, -0.25) is 9.69 Å². The molecule has 0 saturated carbocycles. The third-order valence-electron chi connectivity index (χ3n) is 4.88. The number of halogens is 2. The Hall–Kier alpha value is -1.66. The van der Waals surface area contributed by atoms with Crippen LogP contribution < -0.4 is 4.90 Å². The van der Waals surface area contributed by atoms with Crippen LogP contribution in [0, 0.1) is 6.92 Å². The maximum absolute atomic E-state index is 13.4. The van der Waals surface area contributed by atoms with Crippen molar-refractivity contribution in [2.45, 2.75) is 33.1 Å². The summed E-state index contributed by atoms with van der Waals surface area (Å²) in [5.41, 5.74) is 3.85. The molecule has 162 valence electrons. The van der Waals surface area contributed by atoms with Gasteiger partial charge in [0, 0.05) is 23.7 Å². The fourth-order valence-corrected chi connectivity index (χ4v) is 4.56. The van der Waals surface area contributed by atoms with E-state index < -0.39 is 0 Å². The van der Waals surface area contributed by atoms with Crippen LogP contribution in [0.2, 0.25) is 5.02 Å². The molecular formula is C23H29Cl2N3OS. The van der Waals surface area contributed by atoms with Crippen molar-refractivity contribution in [2.75, 3.05) is 32.1 Å². The lowest BCUT2D eigenvalue weighted by atomic mass is 9.86. The zero-order chi connectivity index (χ0) is 21.3. The number of aryl methyl sites for hydroxylation is 1. The molecule has 0 unspecified atom stereocenters. The number of anilines is 1. The predicted octanol–water partition coefficient (Wildman–Crippen LogP) is 6.19. The van der Waals surface area contributed by atoms with Gasteiger partial charge >= 0.3 is 0 Å². The summed E-state index contributed by atoms with van der Waals surface area (Å²) in [7, 11) is 4.01. The van der Waals surface area contributed by atoms with Gasteiger partial charge in [0.1, 0.15) is 0 Å². The normalized spacial score (nSPS) is 11.6. The first-order valence-electron chi connectivity index (χ1n) is 9.70. The zero-order valence-corrected chi connectivity index (χ0v) is 20.7. The first kappa shape index (κ1) is 24.6. The molecule has 0 aliphatic rings. The number of thiazole rings is 1. The van der Waals surface area contributed by atoms with Crippen LogP contribution in [-0.4, -0.2) is 43.0 Å². The number of benzene rings is 2. The average molecular weight is 466 g/mol. The van der Waals surface area contributed by atoms with Crippen LogP contribution in [0.15, 0.2) is 36.4 Å². The summed E-state index contributed by atoms with van der Waals surface area (Å²) in [6.07, 6.45) is 0. The largest absolute Gasteiger partial charge is 0.308 e. The molecule has 0 N–H and O–H groups in total. The Kier molecular flexibility index (Phi) is 7.91. The van der Waals surface area contributed by atoms with Crippen LogP contribution in [0.1, 0.15) is 42.3 Å². The van der Waals surface area contributed by atoms with Gasteiger partial charge in [-0.1, -0.05) is 55.8 Å².